The molecule has 6 heteroatoms. The largest absolute Gasteiger partial charge is 0.493 e. The van der Waals surface area contributed by atoms with E-state index in [1.54, 1.807) is 14.2 Å². The Morgan fingerprint density at radius 3 is 2.68 bits per heavy atom. The van der Waals surface area contributed by atoms with Crippen molar-refractivity contribution >= 4 is 0 Å². The fourth-order valence-corrected chi connectivity index (χ4v) is 1.70. The lowest BCUT2D eigenvalue weighted by molar-refractivity contribution is 0.355. The van der Waals surface area contributed by atoms with Gasteiger partial charge in [-0.2, -0.15) is 4.98 Å². The van der Waals surface area contributed by atoms with Gasteiger partial charge < -0.3 is 19.7 Å². The van der Waals surface area contributed by atoms with Crippen molar-refractivity contribution in [3.63, 3.8) is 0 Å². The molecule has 2 aromatic rings. The van der Waals surface area contributed by atoms with Crippen molar-refractivity contribution in [3.8, 4) is 22.9 Å². The average molecular weight is 263 g/mol. The van der Waals surface area contributed by atoms with Gasteiger partial charge in [-0.25, -0.2) is 0 Å². The molecule has 102 valence electrons. The lowest BCUT2D eigenvalue weighted by Crippen LogP contribution is -2.00. The minimum absolute atomic E-state index is 0.535. The van der Waals surface area contributed by atoms with Crippen molar-refractivity contribution < 1.29 is 14.0 Å². The molecule has 0 spiro atoms. The monoisotopic (exact) mass is 263 g/mol. The van der Waals surface area contributed by atoms with Crippen LogP contribution in [0.25, 0.3) is 11.4 Å². The summed E-state index contributed by atoms with van der Waals surface area (Å²) in [6.07, 6.45) is 1.52. The number of benzene rings is 1. The van der Waals surface area contributed by atoms with Crippen LogP contribution in [0.4, 0.5) is 0 Å². The van der Waals surface area contributed by atoms with Gasteiger partial charge in [0.05, 0.1) is 14.2 Å². The number of rotatable bonds is 6. The molecule has 0 saturated carbocycles. The highest BCUT2D eigenvalue weighted by Gasteiger charge is 2.11. The van der Waals surface area contributed by atoms with Crippen molar-refractivity contribution in [2.75, 3.05) is 20.8 Å². The molecular formula is C13H17N3O3. The Morgan fingerprint density at radius 2 is 2.00 bits per heavy atom. The van der Waals surface area contributed by atoms with E-state index in [1.807, 2.05) is 18.2 Å². The van der Waals surface area contributed by atoms with Gasteiger partial charge in [-0.1, -0.05) is 5.16 Å². The quantitative estimate of drug-likeness (QED) is 0.853. The molecule has 0 fully saturated rings. The number of nitrogens with zero attached hydrogens (tertiary/aromatic N) is 2. The zero-order valence-electron chi connectivity index (χ0n) is 11.0. The van der Waals surface area contributed by atoms with E-state index in [1.165, 1.54) is 0 Å². The summed E-state index contributed by atoms with van der Waals surface area (Å²) in [5, 5.41) is 3.95. The fraction of sp³-hybridized carbons (Fsp3) is 0.385. The van der Waals surface area contributed by atoms with Crippen LogP contribution in [0.15, 0.2) is 22.7 Å². The van der Waals surface area contributed by atoms with E-state index in [0.29, 0.717) is 36.2 Å². The predicted molar refractivity (Wildman–Crippen MR) is 70.2 cm³/mol. The standard InChI is InChI=1S/C13H17N3O3/c1-17-10-6-5-9(8-11(10)18-2)13-15-12(19-16-13)4-3-7-14/h5-6,8H,3-4,7,14H2,1-2H3. The van der Waals surface area contributed by atoms with Crippen LogP contribution in [-0.4, -0.2) is 30.9 Å². The molecule has 0 aliphatic heterocycles. The molecule has 1 aromatic carbocycles. The smallest absolute Gasteiger partial charge is 0.227 e. The first kappa shape index (κ1) is 13.4. The summed E-state index contributed by atoms with van der Waals surface area (Å²) in [5.41, 5.74) is 6.26. The first-order chi connectivity index (χ1) is 9.28. The van der Waals surface area contributed by atoms with Gasteiger partial charge in [0.1, 0.15) is 0 Å². The third-order valence-electron chi connectivity index (χ3n) is 2.70. The van der Waals surface area contributed by atoms with Crippen LogP contribution < -0.4 is 15.2 Å². The molecule has 0 aliphatic rings. The maximum Gasteiger partial charge on any atom is 0.227 e. The van der Waals surface area contributed by atoms with Crippen LogP contribution in [0, 0.1) is 0 Å². The Morgan fingerprint density at radius 1 is 1.21 bits per heavy atom. The second-order valence-corrected chi connectivity index (χ2v) is 3.97. The van der Waals surface area contributed by atoms with Crippen LogP contribution >= 0.6 is 0 Å². The van der Waals surface area contributed by atoms with Crippen LogP contribution in [0.5, 0.6) is 11.5 Å². The molecule has 0 radical (unpaired) electrons. The predicted octanol–water partition coefficient (Wildman–Crippen LogP) is 1.65. The second-order valence-electron chi connectivity index (χ2n) is 3.97. The average Bonchev–Trinajstić information content (AvgIpc) is 2.93. The molecule has 0 aliphatic carbocycles. The number of nitrogens with two attached hydrogens (primary N) is 1. The Balaban J connectivity index is 2.23. The van der Waals surface area contributed by atoms with Gasteiger partial charge in [0.2, 0.25) is 11.7 Å². The van der Waals surface area contributed by atoms with Gasteiger partial charge in [-0.3, -0.25) is 0 Å². The lowest BCUT2D eigenvalue weighted by atomic mass is 10.2. The third-order valence-corrected chi connectivity index (χ3v) is 2.70. The Bertz CT molecular complexity index is 540. The van der Waals surface area contributed by atoms with Gasteiger partial charge in [0.25, 0.3) is 0 Å². The van der Waals surface area contributed by atoms with Crippen molar-refractivity contribution in [2.45, 2.75) is 12.8 Å². The maximum atomic E-state index is 5.44. The summed E-state index contributed by atoms with van der Waals surface area (Å²) in [4.78, 5) is 4.32. The number of ether oxygens (including phenoxy) is 2. The number of methoxy groups -OCH3 is 2. The van der Waals surface area contributed by atoms with Crippen LogP contribution in [0.3, 0.4) is 0 Å². The van der Waals surface area contributed by atoms with Crippen molar-refractivity contribution in [2.24, 2.45) is 5.73 Å². The van der Waals surface area contributed by atoms with Gasteiger partial charge in [-0.05, 0) is 31.2 Å². The minimum Gasteiger partial charge on any atom is -0.493 e. The molecule has 0 unspecified atom stereocenters. The van der Waals surface area contributed by atoms with E-state index >= 15 is 0 Å². The van der Waals surface area contributed by atoms with E-state index < -0.39 is 0 Å². The number of hydrogen-bond donors (Lipinski definition) is 1. The second kappa shape index (κ2) is 6.19. The van der Waals surface area contributed by atoms with Gasteiger partial charge in [0, 0.05) is 12.0 Å². The topological polar surface area (TPSA) is 83.4 Å². The third kappa shape index (κ3) is 3.03. The molecule has 1 heterocycles. The summed E-state index contributed by atoms with van der Waals surface area (Å²) >= 11 is 0. The zero-order valence-corrected chi connectivity index (χ0v) is 11.0. The van der Waals surface area contributed by atoms with Crippen LogP contribution in [0.1, 0.15) is 12.3 Å². The van der Waals surface area contributed by atoms with E-state index in [2.05, 4.69) is 10.1 Å². The van der Waals surface area contributed by atoms with Gasteiger partial charge in [0.15, 0.2) is 11.5 Å². The molecule has 1 aromatic heterocycles. The summed E-state index contributed by atoms with van der Waals surface area (Å²) in [7, 11) is 3.18. The molecule has 2 N–H and O–H groups in total. The van der Waals surface area contributed by atoms with Crippen molar-refractivity contribution in [3.05, 3.63) is 24.1 Å². The van der Waals surface area contributed by atoms with Crippen LogP contribution in [0.2, 0.25) is 0 Å². The zero-order chi connectivity index (χ0) is 13.7. The summed E-state index contributed by atoms with van der Waals surface area (Å²) in [5.74, 6) is 2.43. The number of hydrogen-bond acceptors (Lipinski definition) is 6. The lowest BCUT2D eigenvalue weighted by Gasteiger charge is -2.07. The molecule has 0 amide bonds. The Hall–Kier alpha value is -2.08. The molecule has 0 atom stereocenters. The molecule has 0 saturated heterocycles. The van der Waals surface area contributed by atoms with Crippen molar-refractivity contribution in [1.29, 1.82) is 0 Å². The van der Waals surface area contributed by atoms with Crippen molar-refractivity contribution in [1.82, 2.24) is 10.1 Å². The molecule has 0 bridgehead atoms. The molecule has 6 nitrogen and oxygen atoms in total. The SMILES string of the molecule is COc1ccc(-c2noc(CCCN)n2)cc1OC. The number of aryl methyl sites for hydroxylation is 1. The molecule has 2 rings (SSSR count). The van der Waals surface area contributed by atoms with Crippen LogP contribution in [-0.2, 0) is 6.42 Å². The summed E-state index contributed by atoms with van der Waals surface area (Å²) in [6.45, 7) is 0.605. The van der Waals surface area contributed by atoms with E-state index in [4.69, 9.17) is 19.7 Å². The van der Waals surface area contributed by atoms with E-state index in [0.717, 1.165) is 12.0 Å². The number of aromatic nitrogens is 2. The highest BCUT2D eigenvalue weighted by atomic mass is 16.5. The van der Waals surface area contributed by atoms with Gasteiger partial charge >= 0.3 is 0 Å². The normalized spacial score (nSPS) is 10.5. The maximum absolute atomic E-state index is 5.44. The highest BCUT2D eigenvalue weighted by molar-refractivity contribution is 5.60. The molecule has 19 heavy (non-hydrogen) atoms. The Kier molecular flexibility index (Phi) is 4.35. The first-order valence-electron chi connectivity index (χ1n) is 6.03. The first-order valence-corrected chi connectivity index (χ1v) is 6.03. The fourth-order valence-electron chi connectivity index (χ4n) is 1.70. The highest BCUT2D eigenvalue weighted by Crippen LogP contribution is 2.31. The van der Waals surface area contributed by atoms with E-state index in [-0.39, 0.29) is 0 Å². The molecular weight excluding hydrogens is 246 g/mol. The van der Waals surface area contributed by atoms with Gasteiger partial charge in [-0.15, -0.1) is 0 Å². The Labute approximate surface area is 111 Å². The van der Waals surface area contributed by atoms with E-state index in [9.17, 15) is 0 Å². The summed E-state index contributed by atoms with van der Waals surface area (Å²) in [6, 6.07) is 5.49. The summed E-state index contributed by atoms with van der Waals surface area (Å²) < 4.78 is 15.6. The minimum atomic E-state index is 0.535.